The summed E-state index contributed by atoms with van der Waals surface area (Å²) in [5, 5.41) is 19.4. The molecular formula is C11H19N3OS. The van der Waals surface area contributed by atoms with E-state index in [1.807, 2.05) is 18.5 Å². The number of thioether (sulfide) groups is 1. The first-order valence-corrected chi connectivity index (χ1v) is 6.80. The van der Waals surface area contributed by atoms with E-state index in [4.69, 9.17) is 0 Å². The molecule has 4 nitrogen and oxygen atoms in total. The highest BCUT2D eigenvalue weighted by atomic mass is 32.2. The maximum Gasteiger partial charge on any atom is 0.191 e. The molecule has 0 bridgehead atoms. The molecule has 1 aromatic rings. The van der Waals surface area contributed by atoms with Crippen molar-refractivity contribution in [1.29, 1.82) is 0 Å². The van der Waals surface area contributed by atoms with Crippen LogP contribution in [0.15, 0.2) is 5.16 Å². The largest absolute Gasteiger partial charge is 0.389 e. The Bertz CT molecular complexity index is 358. The van der Waals surface area contributed by atoms with Crippen molar-refractivity contribution in [3.05, 3.63) is 5.82 Å². The predicted molar refractivity (Wildman–Crippen MR) is 64.5 cm³/mol. The lowest BCUT2D eigenvalue weighted by molar-refractivity contribution is 0.0272. The van der Waals surface area contributed by atoms with Gasteiger partial charge in [0.1, 0.15) is 5.82 Å². The molecule has 1 N–H and O–H groups in total. The van der Waals surface area contributed by atoms with Crippen LogP contribution in [-0.2, 0) is 7.05 Å². The lowest BCUT2D eigenvalue weighted by atomic mass is 9.86. The maximum absolute atomic E-state index is 10.4. The van der Waals surface area contributed by atoms with Crippen LogP contribution in [0.3, 0.4) is 0 Å². The Morgan fingerprint density at radius 3 is 2.56 bits per heavy atom. The molecule has 0 unspecified atom stereocenters. The zero-order chi connectivity index (χ0) is 11.6. The van der Waals surface area contributed by atoms with Crippen molar-refractivity contribution in [2.45, 2.75) is 49.8 Å². The molecule has 2 rings (SSSR count). The van der Waals surface area contributed by atoms with Gasteiger partial charge in [0.05, 0.1) is 5.60 Å². The molecular weight excluding hydrogens is 222 g/mol. The van der Waals surface area contributed by atoms with E-state index in [0.717, 1.165) is 42.4 Å². The van der Waals surface area contributed by atoms with E-state index >= 15 is 0 Å². The van der Waals surface area contributed by atoms with E-state index in [2.05, 4.69) is 10.2 Å². The van der Waals surface area contributed by atoms with E-state index < -0.39 is 5.60 Å². The number of hydrogen-bond donors (Lipinski definition) is 1. The second kappa shape index (κ2) is 4.75. The van der Waals surface area contributed by atoms with Crippen LogP contribution in [-0.4, -0.2) is 31.2 Å². The second-order valence-corrected chi connectivity index (χ2v) is 5.60. The molecule has 0 radical (unpaired) electrons. The third-order valence-corrected chi connectivity index (χ3v) is 4.60. The minimum absolute atomic E-state index is 0.483. The van der Waals surface area contributed by atoms with Gasteiger partial charge < -0.3 is 9.67 Å². The number of rotatable bonds is 3. The van der Waals surface area contributed by atoms with Gasteiger partial charge in [-0.2, -0.15) is 0 Å². The number of aryl methyl sites for hydroxylation is 1. The van der Waals surface area contributed by atoms with Crippen LogP contribution in [0.4, 0.5) is 0 Å². The van der Waals surface area contributed by atoms with Crippen molar-refractivity contribution in [2.24, 2.45) is 7.05 Å². The molecule has 0 saturated heterocycles. The van der Waals surface area contributed by atoms with Crippen molar-refractivity contribution in [2.75, 3.05) is 5.75 Å². The molecule has 16 heavy (non-hydrogen) atoms. The van der Waals surface area contributed by atoms with Crippen molar-refractivity contribution in [3.63, 3.8) is 0 Å². The highest BCUT2D eigenvalue weighted by Gasteiger charge is 2.29. The Morgan fingerprint density at radius 1 is 1.31 bits per heavy atom. The zero-order valence-corrected chi connectivity index (χ0v) is 10.8. The van der Waals surface area contributed by atoms with Crippen LogP contribution in [0.1, 0.15) is 37.9 Å². The van der Waals surface area contributed by atoms with Gasteiger partial charge >= 0.3 is 0 Å². The molecule has 0 aromatic carbocycles. The van der Waals surface area contributed by atoms with Crippen LogP contribution in [0, 0.1) is 6.92 Å². The Hall–Kier alpha value is -0.550. The molecule has 90 valence electrons. The highest BCUT2D eigenvalue weighted by molar-refractivity contribution is 7.99. The van der Waals surface area contributed by atoms with Crippen LogP contribution in [0.25, 0.3) is 0 Å². The summed E-state index contributed by atoms with van der Waals surface area (Å²) < 4.78 is 1.97. The first-order valence-electron chi connectivity index (χ1n) is 5.82. The fraction of sp³-hybridized carbons (Fsp3) is 0.818. The summed E-state index contributed by atoms with van der Waals surface area (Å²) in [7, 11) is 1.96. The second-order valence-electron chi connectivity index (χ2n) is 4.66. The van der Waals surface area contributed by atoms with Gasteiger partial charge in [-0.25, -0.2) is 0 Å². The normalized spacial score (nSPS) is 19.9. The summed E-state index contributed by atoms with van der Waals surface area (Å²) in [5.74, 6) is 1.65. The van der Waals surface area contributed by atoms with Crippen molar-refractivity contribution >= 4 is 11.8 Å². The maximum atomic E-state index is 10.4. The van der Waals surface area contributed by atoms with Gasteiger partial charge in [0.2, 0.25) is 0 Å². The number of nitrogens with zero attached hydrogens (tertiary/aromatic N) is 3. The highest BCUT2D eigenvalue weighted by Crippen LogP contribution is 2.32. The molecule has 0 aliphatic heterocycles. The smallest absolute Gasteiger partial charge is 0.191 e. The summed E-state index contributed by atoms with van der Waals surface area (Å²) in [6.07, 6.45) is 5.41. The summed E-state index contributed by atoms with van der Waals surface area (Å²) >= 11 is 1.61. The molecule has 0 amide bonds. The average Bonchev–Trinajstić information content (AvgIpc) is 2.58. The molecule has 0 atom stereocenters. The van der Waals surface area contributed by atoms with E-state index in [-0.39, 0.29) is 0 Å². The van der Waals surface area contributed by atoms with Crippen LogP contribution >= 0.6 is 11.8 Å². The molecule has 1 aliphatic rings. The van der Waals surface area contributed by atoms with Gasteiger partial charge in [0.15, 0.2) is 5.16 Å². The number of aromatic nitrogens is 3. The van der Waals surface area contributed by atoms with Crippen molar-refractivity contribution in [1.82, 2.24) is 14.8 Å². The molecule has 1 aromatic heterocycles. The van der Waals surface area contributed by atoms with Crippen LogP contribution in [0.2, 0.25) is 0 Å². The predicted octanol–water partition coefficient (Wildman–Crippen LogP) is 1.91. The Kier molecular flexibility index (Phi) is 3.54. The minimum atomic E-state index is -0.483. The van der Waals surface area contributed by atoms with Crippen LogP contribution < -0.4 is 0 Å². The molecule has 1 fully saturated rings. The van der Waals surface area contributed by atoms with Crippen molar-refractivity contribution in [3.8, 4) is 0 Å². The Balaban J connectivity index is 1.93. The van der Waals surface area contributed by atoms with Gasteiger partial charge in [-0.15, -0.1) is 10.2 Å². The quantitative estimate of drug-likeness (QED) is 0.821. The standard InChI is InChI=1S/C11H19N3OS/c1-9-12-13-10(14(9)2)16-8-11(15)6-4-3-5-7-11/h15H,3-8H2,1-2H3. The first-order chi connectivity index (χ1) is 7.61. The number of hydrogen-bond acceptors (Lipinski definition) is 4. The van der Waals surface area contributed by atoms with Gasteiger partial charge in [-0.1, -0.05) is 31.0 Å². The lowest BCUT2D eigenvalue weighted by Gasteiger charge is -2.31. The summed E-state index contributed by atoms with van der Waals surface area (Å²) in [5.41, 5.74) is -0.483. The van der Waals surface area contributed by atoms with Gasteiger partial charge in [0, 0.05) is 12.8 Å². The third-order valence-electron chi connectivity index (χ3n) is 3.31. The molecule has 5 heteroatoms. The molecule has 1 aliphatic carbocycles. The van der Waals surface area contributed by atoms with Gasteiger partial charge in [-0.3, -0.25) is 0 Å². The van der Waals surface area contributed by atoms with E-state index in [1.165, 1.54) is 6.42 Å². The third kappa shape index (κ3) is 2.58. The van der Waals surface area contributed by atoms with Crippen molar-refractivity contribution < 1.29 is 5.11 Å². The molecule has 1 saturated carbocycles. The van der Waals surface area contributed by atoms with E-state index in [9.17, 15) is 5.11 Å². The summed E-state index contributed by atoms with van der Waals surface area (Å²) in [6, 6.07) is 0. The minimum Gasteiger partial charge on any atom is -0.389 e. The van der Waals surface area contributed by atoms with Crippen LogP contribution in [0.5, 0.6) is 0 Å². The number of aliphatic hydroxyl groups is 1. The van der Waals surface area contributed by atoms with Gasteiger partial charge in [-0.05, 0) is 19.8 Å². The summed E-state index contributed by atoms with van der Waals surface area (Å²) in [4.78, 5) is 0. The summed E-state index contributed by atoms with van der Waals surface area (Å²) in [6.45, 7) is 1.94. The monoisotopic (exact) mass is 241 g/mol. The fourth-order valence-electron chi connectivity index (χ4n) is 2.07. The molecule has 1 heterocycles. The molecule has 0 spiro atoms. The van der Waals surface area contributed by atoms with E-state index in [0.29, 0.717) is 0 Å². The zero-order valence-electron chi connectivity index (χ0n) is 9.94. The first kappa shape index (κ1) is 11.9. The Labute approximate surface area is 100 Å². The average molecular weight is 241 g/mol. The fourth-order valence-corrected chi connectivity index (χ4v) is 3.18. The SMILES string of the molecule is Cc1nnc(SCC2(O)CCCCC2)n1C. The van der Waals surface area contributed by atoms with Gasteiger partial charge in [0.25, 0.3) is 0 Å². The lowest BCUT2D eigenvalue weighted by Crippen LogP contribution is -2.34. The topological polar surface area (TPSA) is 50.9 Å². The Morgan fingerprint density at radius 2 is 2.00 bits per heavy atom. The van der Waals surface area contributed by atoms with E-state index in [1.54, 1.807) is 11.8 Å².